The number of halogens is 1. The maximum absolute atomic E-state index is 11.6. The highest BCUT2D eigenvalue weighted by molar-refractivity contribution is 6.29. The lowest BCUT2D eigenvalue weighted by Gasteiger charge is -2.35. The van der Waals surface area contributed by atoms with Gasteiger partial charge in [-0.05, 0) is 25.3 Å². The van der Waals surface area contributed by atoms with Crippen LogP contribution in [0.25, 0.3) is 0 Å². The van der Waals surface area contributed by atoms with Crippen molar-refractivity contribution in [3.8, 4) is 0 Å². The van der Waals surface area contributed by atoms with Crippen molar-refractivity contribution in [3.05, 3.63) is 29.3 Å². The fraction of sp³-hybridized carbons (Fsp3) is 0.533. The van der Waals surface area contributed by atoms with Gasteiger partial charge in [0.2, 0.25) is 5.91 Å². The molecule has 1 amide bonds. The van der Waals surface area contributed by atoms with Crippen molar-refractivity contribution in [3.63, 3.8) is 0 Å². The Morgan fingerprint density at radius 3 is 2.58 bits per heavy atom. The van der Waals surface area contributed by atoms with Crippen LogP contribution in [-0.4, -0.2) is 18.9 Å². The topological polar surface area (TPSA) is 38.3 Å². The van der Waals surface area contributed by atoms with Gasteiger partial charge in [0.1, 0.15) is 5.88 Å². The second-order valence-corrected chi connectivity index (χ2v) is 5.41. The molecule has 4 heteroatoms. The number of benzene rings is 1. The minimum Gasteiger partial charge on any atom is -0.373 e. The van der Waals surface area contributed by atoms with E-state index in [9.17, 15) is 4.79 Å². The highest BCUT2D eigenvalue weighted by Gasteiger charge is 2.33. The lowest BCUT2D eigenvalue weighted by molar-refractivity contribution is -0.114. The third-order valence-electron chi connectivity index (χ3n) is 3.72. The van der Waals surface area contributed by atoms with E-state index in [2.05, 4.69) is 19.2 Å². The Hall–Kier alpha value is -1.06. The number of rotatable bonds is 5. The number of carbonyl (C=O) groups is 1. The molecular formula is C15H22ClNO2. The first-order valence-corrected chi connectivity index (χ1v) is 6.91. The van der Waals surface area contributed by atoms with E-state index < -0.39 is 5.60 Å². The molecule has 0 aliphatic heterocycles. The Morgan fingerprint density at radius 1 is 1.47 bits per heavy atom. The summed E-state index contributed by atoms with van der Waals surface area (Å²) in [5.74, 6) is 0.00414. The predicted molar refractivity (Wildman–Crippen MR) is 79.7 cm³/mol. The van der Waals surface area contributed by atoms with Crippen molar-refractivity contribution in [2.45, 2.75) is 33.3 Å². The minimum atomic E-state index is -0.457. The van der Waals surface area contributed by atoms with E-state index in [1.54, 1.807) is 7.11 Å². The highest BCUT2D eigenvalue weighted by Crippen LogP contribution is 2.38. The number of amides is 1. The normalized spacial score (nSPS) is 14.3. The van der Waals surface area contributed by atoms with E-state index in [1.807, 2.05) is 32.0 Å². The van der Waals surface area contributed by atoms with Crippen molar-refractivity contribution in [1.82, 2.24) is 0 Å². The number of methoxy groups -OCH3 is 1. The number of carbonyl (C=O) groups excluding carboxylic acids is 1. The number of alkyl halides is 1. The van der Waals surface area contributed by atoms with E-state index in [-0.39, 0.29) is 17.7 Å². The maximum Gasteiger partial charge on any atom is 0.239 e. The Bertz CT molecular complexity index is 459. The number of nitrogens with one attached hydrogen (secondary N) is 1. The van der Waals surface area contributed by atoms with E-state index in [1.165, 1.54) is 0 Å². The summed E-state index contributed by atoms with van der Waals surface area (Å²) in [6, 6.07) is 5.92. The second-order valence-electron chi connectivity index (χ2n) is 5.15. The SMILES string of the molecule is COC(C)(c1cccc(C)c1NC(=O)CCl)C(C)C. The van der Waals surface area contributed by atoms with Crippen LogP contribution in [0.2, 0.25) is 0 Å². The van der Waals surface area contributed by atoms with Gasteiger partial charge in [-0.15, -0.1) is 11.6 Å². The average molecular weight is 284 g/mol. The van der Waals surface area contributed by atoms with Crippen LogP contribution >= 0.6 is 11.6 Å². The quantitative estimate of drug-likeness (QED) is 0.837. The second kappa shape index (κ2) is 6.40. The molecule has 1 aromatic carbocycles. The molecule has 1 N–H and O–H groups in total. The molecule has 0 aromatic heterocycles. The summed E-state index contributed by atoms with van der Waals surface area (Å²) in [6.45, 7) is 8.19. The monoisotopic (exact) mass is 283 g/mol. The maximum atomic E-state index is 11.6. The first kappa shape index (κ1) is 16.0. The Morgan fingerprint density at radius 2 is 2.11 bits per heavy atom. The van der Waals surface area contributed by atoms with Crippen molar-refractivity contribution >= 4 is 23.2 Å². The molecule has 0 fully saturated rings. The van der Waals surface area contributed by atoms with Crippen LogP contribution in [0.1, 0.15) is 31.9 Å². The van der Waals surface area contributed by atoms with E-state index in [0.29, 0.717) is 0 Å². The first-order chi connectivity index (χ1) is 8.86. The lowest BCUT2D eigenvalue weighted by atomic mass is 9.83. The van der Waals surface area contributed by atoms with Crippen LogP contribution in [0, 0.1) is 12.8 Å². The molecule has 0 bridgehead atoms. The summed E-state index contributed by atoms with van der Waals surface area (Å²) < 4.78 is 5.71. The molecule has 0 aliphatic rings. The average Bonchev–Trinajstić information content (AvgIpc) is 2.39. The van der Waals surface area contributed by atoms with Gasteiger partial charge in [-0.1, -0.05) is 32.0 Å². The van der Waals surface area contributed by atoms with Crippen LogP contribution < -0.4 is 5.32 Å². The zero-order chi connectivity index (χ0) is 14.6. The predicted octanol–water partition coefficient (Wildman–Crippen LogP) is 3.69. The summed E-state index contributed by atoms with van der Waals surface area (Å²) in [5.41, 5.74) is 2.32. The van der Waals surface area contributed by atoms with Gasteiger partial charge < -0.3 is 10.1 Å². The molecule has 0 heterocycles. The van der Waals surface area contributed by atoms with Crippen molar-refractivity contribution in [1.29, 1.82) is 0 Å². The molecule has 0 spiro atoms. The van der Waals surface area contributed by atoms with Gasteiger partial charge in [-0.2, -0.15) is 0 Å². The number of hydrogen-bond acceptors (Lipinski definition) is 2. The summed E-state index contributed by atoms with van der Waals surface area (Å²) in [6.07, 6.45) is 0. The first-order valence-electron chi connectivity index (χ1n) is 6.37. The Balaban J connectivity index is 3.34. The molecule has 0 saturated heterocycles. The standard InChI is InChI=1S/C15H22ClNO2/c1-10(2)15(4,19-5)12-8-6-7-11(3)14(12)17-13(18)9-16/h6-8,10H,9H2,1-5H3,(H,17,18). The zero-order valence-electron chi connectivity index (χ0n) is 12.2. The summed E-state index contributed by atoms with van der Waals surface area (Å²) in [7, 11) is 1.69. The third-order valence-corrected chi connectivity index (χ3v) is 3.96. The smallest absolute Gasteiger partial charge is 0.239 e. The van der Waals surface area contributed by atoms with Crippen LogP contribution in [0.4, 0.5) is 5.69 Å². The zero-order valence-corrected chi connectivity index (χ0v) is 13.0. The van der Waals surface area contributed by atoms with Gasteiger partial charge >= 0.3 is 0 Å². The van der Waals surface area contributed by atoms with Gasteiger partial charge in [-0.25, -0.2) is 0 Å². The summed E-state index contributed by atoms with van der Waals surface area (Å²) in [5, 5.41) is 2.87. The van der Waals surface area contributed by atoms with Gasteiger partial charge in [0.05, 0.1) is 5.60 Å². The molecule has 19 heavy (non-hydrogen) atoms. The van der Waals surface area contributed by atoms with Gasteiger partial charge in [0.25, 0.3) is 0 Å². The van der Waals surface area contributed by atoms with Crippen molar-refractivity contribution < 1.29 is 9.53 Å². The molecular weight excluding hydrogens is 262 g/mol. The molecule has 1 atom stereocenters. The number of para-hydroxylation sites is 1. The number of ether oxygens (including phenoxy) is 1. The van der Waals surface area contributed by atoms with Crippen LogP contribution in [-0.2, 0) is 15.1 Å². The molecule has 0 saturated carbocycles. The van der Waals surface area contributed by atoms with Crippen LogP contribution in [0.3, 0.4) is 0 Å². The Labute approximate surface area is 120 Å². The van der Waals surface area contributed by atoms with Crippen molar-refractivity contribution in [2.75, 3.05) is 18.3 Å². The molecule has 1 aromatic rings. The number of aryl methyl sites for hydroxylation is 1. The van der Waals surface area contributed by atoms with E-state index >= 15 is 0 Å². The number of hydrogen-bond donors (Lipinski definition) is 1. The summed E-state index contributed by atoms with van der Waals surface area (Å²) in [4.78, 5) is 11.6. The van der Waals surface area contributed by atoms with Gasteiger partial charge in [0.15, 0.2) is 0 Å². The minimum absolute atomic E-state index is 0.0564. The molecule has 3 nitrogen and oxygen atoms in total. The Kier molecular flexibility index (Phi) is 5.39. The number of anilines is 1. The van der Waals surface area contributed by atoms with E-state index in [4.69, 9.17) is 16.3 Å². The molecule has 1 unspecified atom stereocenters. The molecule has 0 aliphatic carbocycles. The van der Waals surface area contributed by atoms with Gasteiger partial charge in [-0.3, -0.25) is 4.79 Å². The van der Waals surface area contributed by atoms with Crippen LogP contribution in [0.15, 0.2) is 18.2 Å². The van der Waals surface area contributed by atoms with Gasteiger partial charge in [0, 0.05) is 18.4 Å². The fourth-order valence-corrected chi connectivity index (χ4v) is 2.14. The van der Waals surface area contributed by atoms with E-state index in [0.717, 1.165) is 16.8 Å². The highest BCUT2D eigenvalue weighted by atomic mass is 35.5. The van der Waals surface area contributed by atoms with Crippen molar-refractivity contribution in [2.24, 2.45) is 5.92 Å². The lowest BCUT2D eigenvalue weighted by Crippen LogP contribution is -2.32. The fourth-order valence-electron chi connectivity index (χ4n) is 2.08. The molecule has 1 rings (SSSR count). The molecule has 0 radical (unpaired) electrons. The van der Waals surface area contributed by atoms with Crippen LogP contribution in [0.5, 0.6) is 0 Å². The third kappa shape index (κ3) is 3.28. The largest absolute Gasteiger partial charge is 0.373 e. The summed E-state index contributed by atoms with van der Waals surface area (Å²) >= 11 is 5.57. The molecule has 106 valence electrons.